The standard InChI is InChI=1S/C19H26N4O4S.ClH/c1-26-17-5-4-15(23-7-3-6-21-23)10-19(17)28(24,25)22-16-8-13-11-20-12-14(13)9-18(16)27-2;/h3-7,10,13-14,16,18,20,22H,8-9,11-12H2,1-2H3;1H/t13-,14+,16-,18-;/m0./s1. The average Bonchev–Trinajstić information content (AvgIpc) is 3.38. The fourth-order valence-corrected chi connectivity index (χ4v) is 5.83. The van der Waals surface area contributed by atoms with E-state index in [1.165, 1.54) is 7.11 Å². The number of methoxy groups -OCH3 is 2. The topological polar surface area (TPSA) is 94.5 Å². The molecular formula is C19H27ClN4O4S. The second-order valence-electron chi connectivity index (χ2n) is 7.44. The van der Waals surface area contributed by atoms with Crippen LogP contribution in [0.2, 0.25) is 0 Å². The second-order valence-corrected chi connectivity index (χ2v) is 9.12. The largest absolute Gasteiger partial charge is 0.495 e. The van der Waals surface area contributed by atoms with E-state index in [2.05, 4.69) is 15.1 Å². The van der Waals surface area contributed by atoms with E-state index in [9.17, 15) is 8.42 Å². The Morgan fingerprint density at radius 3 is 2.62 bits per heavy atom. The monoisotopic (exact) mass is 442 g/mol. The minimum Gasteiger partial charge on any atom is -0.495 e. The van der Waals surface area contributed by atoms with Crippen LogP contribution in [0.25, 0.3) is 5.69 Å². The molecule has 0 amide bonds. The first kappa shape index (κ1) is 22.0. The number of halogens is 1. The smallest absolute Gasteiger partial charge is 0.244 e. The lowest BCUT2D eigenvalue weighted by Gasteiger charge is -2.37. The van der Waals surface area contributed by atoms with E-state index in [-0.39, 0.29) is 29.4 Å². The summed E-state index contributed by atoms with van der Waals surface area (Å²) in [5, 5.41) is 7.58. The third-order valence-electron chi connectivity index (χ3n) is 5.84. The van der Waals surface area contributed by atoms with Crippen molar-refractivity contribution in [3.05, 3.63) is 36.7 Å². The molecule has 2 heterocycles. The first-order chi connectivity index (χ1) is 13.5. The van der Waals surface area contributed by atoms with Crippen LogP contribution in [-0.2, 0) is 14.8 Å². The van der Waals surface area contributed by atoms with Gasteiger partial charge in [-0.3, -0.25) is 0 Å². The highest BCUT2D eigenvalue weighted by atomic mass is 35.5. The Kier molecular flexibility index (Phi) is 6.85. The molecule has 1 aromatic heterocycles. The van der Waals surface area contributed by atoms with E-state index >= 15 is 0 Å². The number of aromatic nitrogens is 2. The Morgan fingerprint density at radius 2 is 1.97 bits per heavy atom. The number of nitrogens with one attached hydrogen (secondary N) is 2. The maximum atomic E-state index is 13.3. The summed E-state index contributed by atoms with van der Waals surface area (Å²) in [7, 11) is -0.691. The van der Waals surface area contributed by atoms with Gasteiger partial charge in [0.25, 0.3) is 0 Å². The quantitative estimate of drug-likeness (QED) is 0.705. The predicted octanol–water partition coefficient (Wildman–Crippen LogP) is 1.59. The Labute approximate surface area is 177 Å². The third kappa shape index (κ3) is 4.44. The lowest BCUT2D eigenvalue weighted by Crippen LogP contribution is -2.50. The Balaban J connectivity index is 0.00000240. The van der Waals surface area contributed by atoms with Gasteiger partial charge in [0.15, 0.2) is 0 Å². The highest BCUT2D eigenvalue weighted by molar-refractivity contribution is 7.89. The van der Waals surface area contributed by atoms with Gasteiger partial charge in [-0.2, -0.15) is 5.10 Å². The van der Waals surface area contributed by atoms with E-state index in [1.54, 1.807) is 48.5 Å². The Morgan fingerprint density at radius 1 is 1.21 bits per heavy atom. The van der Waals surface area contributed by atoms with Gasteiger partial charge in [-0.25, -0.2) is 17.8 Å². The van der Waals surface area contributed by atoms with Crippen molar-refractivity contribution in [3.8, 4) is 11.4 Å². The number of nitrogens with zero attached hydrogens (tertiary/aromatic N) is 2. The zero-order valence-corrected chi connectivity index (χ0v) is 18.1. The lowest BCUT2D eigenvalue weighted by molar-refractivity contribution is 0.0194. The van der Waals surface area contributed by atoms with Crippen molar-refractivity contribution in [3.63, 3.8) is 0 Å². The van der Waals surface area contributed by atoms with Crippen LogP contribution < -0.4 is 14.8 Å². The van der Waals surface area contributed by atoms with E-state index in [4.69, 9.17) is 9.47 Å². The second kappa shape index (κ2) is 9.01. The molecule has 2 aromatic rings. The summed E-state index contributed by atoms with van der Waals surface area (Å²) in [6.45, 7) is 1.90. The molecule has 0 unspecified atom stereocenters. The van der Waals surface area contributed by atoms with Crippen LogP contribution in [-0.4, -0.2) is 57.7 Å². The van der Waals surface area contributed by atoms with Crippen molar-refractivity contribution in [2.45, 2.75) is 29.9 Å². The molecule has 1 aliphatic heterocycles. The summed E-state index contributed by atoms with van der Waals surface area (Å²) in [4.78, 5) is 0.101. The molecule has 0 spiro atoms. The van der Waals surface area contributed by atoms with Crippen molar-refractivity contribution >= 4 is 22.4 Å². The Bertz CT molecular complexity index is 922. The van der Waals surface area contributed by atoms with Gasteiger partial charge in [0.1, 0.15) is 10.6 Å². The molecule has 0 bridgehead atoms. The van der Waals surface area contributed by atoms with Crippen molar-refractivity contribution in [1.29, 1.82) is 0 Å². The van der Waals surface area contributed by atoms with Crippen molar-refractivity contribution in [1.82, 2.24) is 19.8 Å². The highest BCUT2D eigenvalue weighted by Gasteiger charge is 2.41. The molecule has 1 saturated heterocycles. The number of hydrogen-bond donors (Lipinski definition) is 2. The van der Waals surface area contributed by atoms with Crippen LogP contribution >= 0.6 is 12.4 Å². The normalized spacial score (nSPS) is 26.6. The van der Waals surface area contributed by atoms with E-state index < -0.39 is 10.0 Å². The highest BCUT2D eigenvalue weighted by Crippen LogP contribution is 2.35. The molecule has 2 fully saturated rings. The number of benzene rings is 1. The SMILES string of the molecule is COc1ccc(-n2cccn2)cc1S(=O)(=O)N[C@H]1C[C@H]2CNC[C@H]2C[C@@H]1OC.Cl. The molecular weight excluding hydrogens is 416 g/mol. The number of fused-ring (bicyclic) bond motifs is 1. The molecule has 4 rings (SSSR count). The minimum atomic E-state index is -3.80. The van der Waals surface area contributed by atoms with Crippen LogP contribution in [0.5, 0.6) is 5.75 Å². The average molecular weight is 443 g/mol. The zero-order chi connectivity index (χ0) is 19.7. The van der Waals surface area contributed by atoms with Gasteiger partial charge in [-0.1, -0.05) is 0 Å². The van der Waals surface area contributed by atoms with Crippen LogP contribution in [0.4, 0.5) is 0 Å². The summed E-state index contributed by atoms with van der Waals surface area (Å²) in [5.41, 5.74) is 0.651. The van der Waals surface area contributed by atoms with Crippen LogP contribution in [0.1, 0.15) is 12.8 Å². The molecule has 8 nitrogen and oxygen atoms in total. The fourth-order valence-electron chi connectivity index (χ4n) is 4.37. The molecule has 10 heteroatoms. The number of hydrogen-bond acceptors (Lipinski definition) is 6. The van der Waals surface area contributed by atoms with E-state index in [1.807, 2.05) is 0 Å². The maximum Gasteiger partial charge on any atom is 0.244 e. The summed E-state index contributed by atoms with van der Waals surface area (Å²) in [6.07, 6.45) is 4.88. The zero-order valence-electron chi connectivity index (χ0n) is 16.4. The predicted molar refractivity (Wildman–Crippen MR) is 111 cm³/mol. The van der Waals surface area contributed by atoms with Gasteiger partial charge in [0.2, 0.25) is 10.0 Å². The molecule has 2 aliphatic rings. The summed E-state index contributed by atoms with van der Waals surface area (Å²) in [5.74, 6) is 1.31. The van der Waals surface area contributed by atoms with E-state index in [0.29, 0.717) is 23.3 Å². The maximum absolute atomic E-state index is 13.3. The van der Waals surface area contributed by atoms with Gasteiger partial charge in [-0.15, -0.1) is 12.4 Å². The van der Waals surface area contributed by atoms with Crippen LogP contribution in [0.15, 0.2) is 41.6 Å². The third-order valence-corrected chi connectivity index (χ3v) is 7.35. The van der Waals surface area contributed by atoms with Gasteiger partial charge < -0.3 is 14.8 Å². The number of ether oxygens (including phenoxy) is 2. The summed E-state index contributed by atoms with van der Waals surface area (Å²) >= 11 is 0. The molecule has 1 saturated carbocycles. The van der Waals surface area contributed by atoms with E-state index in [0.717, 1.165) is 25.9 Å². The first-order valence-corrected chi connectivity index (χ1v) is 10.9. The fraction of sp³-hybridized carbons (Fsp3) is 0.526. The van der Waals surface area contributed by atoms with Gasteiger partial charge >= 0.3 is 0 Å². The molecule has 1 aliphatic carbocycles. The van der Waals surface area contributed by atoms with Gasteiger partial charge in [-0.05, 0) is 62.0 Å². The molecule has 0 radical (unpaired) electrons. The van der Waals surface area contributed by atoms with Crippen molar-refractivity contribution < 1.29 is 17.9 Å². The Hall–Kier alpha value is -1.65. The van der Waals surface area contributed by atoms with Crippen molar-refractivity contribution in [2.75, 3.05) is 27.3 Å². The van der Waals surface area contributed by atoms with Gasteiger partial charge in [0.05, 0.1) is 18.9 Å². The number of sulfonamides is 1. The van der Waals surface area contributed by atoms with Crippen molar-refractivity contribution in [2.24, 2.45) is 11.8 Å². The summed E-state index contributed by atoms with van der Waals surface area (Å²) in [6, 6.07) is 6.52. The molecule has 1 aromatic carbocycles. The lowest BCUT2D eigenvalue weighted by atomic mass is 9.78. The van der Waals surface area contributed by atoms with Crippen LogP contribution in [0, 0.1) is 11.8 Å². The van der Waals surface area contributed by atoms with Crippen LogP contribution in [0.3, 0.4) is 0 Å². The molecule has 29 heavy (non-hydrogen) atoms. The van der Waals surface area contributed by atoms with Gasteiger partial charge in [0, 0.05) is 25.5 Å². The first-order valence-electron chi connectivity index (χ1n) is 9.45. The summed E-state index contributed by atoms with van der Waals surface area (Å²) < 4.78 is 42.0. The molecule has 160 valence electrons. The number of rotatable bonds is 6. The minimum absolute atomic E-state index is 0. The molecule has 2 N–H and O–H groups in total. The molecule has 4 atom stereocenters.